The van der Waals surface area contributed by atoms with Crippen LogP contribution in [-0.2, 0) is 10.3 Å². The number of hydrogen-bond acceptors (Lipinski definition) is 3. The molecule has 0 spiro atoms. The predicted molar refractivity (Wildman–Crippen MR) is 106 cm³/mol. The topological polar surface area (TPSA) is 45.3 Å². The van der Waals surface area contributed by atoms with E-state index in [1.165, 1.54) is 40.1 Å². The lowest BCUT2D eigenvalue weighted by molar-refractivity contribution is -0.290. The highest BCUT2D eigenvalue weighted by molar-refractivity contribution is 5.94. The van der Waals surface area contributed by atoms with Gasteiger partial charge in [-0.15, -0.1) is 0 Å². The first-order valence-corrected chi connectivity index (χ1v) is 10.2. The first-order valence-electron chi connectivity index (χ1n) is 10.2. The Labute approximate surface area is 189 Å². The summed E-state index contributed by atoms with van der Waals surface area (Å²) < 4.78 is 101. The molecule has 2 aliphatic rings. The van der Waals surface area contributed by atoms with Crippen LogP contribution in [0.5, 0.6) is 5.75 Å². The van der Waals surface area contributed by atoms with Crippen LogP contribution in [0.15, 0.2) is 42.5 Å². The van der Waals surface area contributed by atoms with Gasteiger partial charge in [0.2, 0.25) is 0 Å². The van der Waals surface area contributed by atoms with E-state index in [9.17, 15) is 35.5 Å². The molecule has 12 heteroatoms. The fourth-order valence-corrected chi connectivity index (χ4v) is 3.88. The minimum atomic E-state index is -5.73. The molecule has 4 rings (SSSR count). The highest BCUT2D eigenvalue weighted by atomic mass is 19.4. The Morgan fingerprint density at radius 3 is 2.26 bits per heavy atom. The molecule has 5 nitrogen and oxygen atoms in total. The van der Waals surface area contributed by atoms with Crippen LogP contribution in [0.25, 0.3) is 0 Å². The number of epoxide rings is 1. The van der Waals surface area contributed by atoms with Crippen molar-refractivity contribution < 1.29 is 45.0 Å². The molecule has 0 saturated carbocycles. The Morgan fingerprint density at radius 1 is 1.06 bits per heavy atom. The van der Waals surface area contributed by atoms with E-state index in [1.54, 1.807) is 6.92 Å². The van der Waals surface area contributed by atoms with Crippen LogP contribution in [0.4, 0.5) is 41.2 Å². The number of alkyl halides is 5. The maximum atomic E-state index is 14.4. The standard InChI is InChI=1S/C22H19F7N2O3/c1-13-20(34-13,17-7-2-14(23)10-18(17)24)11-30-8-9-31(19(30)32)15-3-5-16(6-4-15)33-12-21(25,26)22(27,28)29/h2-7,10,13H,8-9,11-12H2,1H3/t13?,20-/m1/s1. The first-order chi connectivity index (χ1) is 15.8. The number of rotatable bonds is 7. The van der Waals surface area contributed by atoms with Crippen molar-refractivity contribution in [3.05, 3.63) is 59.7 Å². The van der Waals surface area contributed by atoms with Gasteiger partial charge in [0.05, 0.1) is 12.6 Å². The molecule has 0 aromatic heterocycles. The average molecular weight is 492 g/mol. The second kappa shape index (κ2) is 8.33. The molecular weight excluding hydrogens is 473 g/mol. The van der Waals surface area contributed by atoms with Gasteiger partial charge in [0.1, 0.15) is 23.0 Å². The fourth-order valence-electron chi connectivity index (χ4n) is 3.88. The van der Waals surface area contributed by atoms with Gasteiger partial charge < -0.3 is 14.4 Å². The van der Waals surface area contributed by atoms with E-state index in [2.05, 4.69) is 4.74 Å². The zero-order chi connectivity index (χ0) is 24.9. The Balaban J connectivity index is 1.41. The van der Waals surface area contributed by atoms with Crippen LogP contribution in [0.1, 0.15) is 12.5 Å². The Bertz CT molecular complexity index is 1080. The summed E-state index contributed by atoms with van der Waals surface area (Å²) in [6.45, 7) is 0.394. The van der Waals surface area contributed by atoms with Crippen LogP contribution >= 0.6 is 0 Å². The second-order valence-electron chi connectivity index (χ2n) is 8.11. The molecule has 0 bridgehead atoms. The molecule has 2 aromatic rings. The van der Waals surface area contributed by atoms with Gasteiger partial charge in [0.15, 0.2) is 6.61 Å². The van der Waals surface area contributed by atoms with Crippen LogP contribution in [0.3, 0.4) is 0 Å². The summed E-state index contributed by atoms with van der Waals surface area (Å²) in [7, 11) is 0. The van der Waals surface area contributed by atoms with Crippen molar-refractivity contribution in [2.24, 2.45) is 0 Å². The number of anilines is 1. The summed E-state index contributed by atoms with van der Waals surface area (Å²) in [5.41, 5.74) is -0.593. The summed E-state index contributed by atoms with van der Waals surface area (Å²) in [5.74, 6) is -6.73. The van der Waals surface area contributed by atoms with E-state index in [1.807, 2.05) is 0 Å². The van der Waals surface area contributed by atoms with Gasteiger partial charge in [-0.1, -0.05) is 6.07 Å². The van der Waals surface area contributed by atoms with Crippen LogP contribution in [-0.4, -0.2) is 55.4 Å². The van der Waals surface area contributed by atoms with E-state index >= 15 is 0 Å². The van der Waals surface area contributed by atoms with E-state index in [0.717, 1.165) is 12.1 Å². The highest BCUT2D eigenvalue weighted by Crippen LogP contribution is 2.48. The molecule has 2 saturated heterocycles. The lowest BCUT2D eigenvalue weighted by Crippen LogP contribution is -2.41. The molecule has 34 heavy (non-hydrogen) atoms. The van der Waals surface area contributed by atoms with Crippen molar-refractivity contribution in [2.75, 3.05) is 31.1 Å². The first kappa shape index (κ1) is 24.1. The van der Waals surface area contributed by atoms with Gasteiger partial charge >= 0.3 is 18.1 Å². The van der Waals surface area contributed by atoms with Gasteiger partial charge in [0, 0.05) is 30.4 Å². The van der Waals surface area contributed by atoms with E-state index in [0.29, 0.717) is 5.69 Å². The summed E-state index contributed by atoms with van der Waals surface area (Å²) in [6.07, 6.45) is -6.13. The molecule has 2 atom stereocenters. The molecule has 2 heterocycles. The van der Waals surface area contributed by atoms with Crippen molar-refractivity contribution in [3.8, 4) is 5.75 Å². The minimum absolute atomic E-state index is 0.0276. The third kappa shape index (κ3) is 4.38. The zero-order valence-electron chi connectivity index (χ0n) is 17.7. The molecule has 2 fully saturated rings. The Hall–Kier alpha value is -3.02. The summed E-state index contributed by atoms with van der Waals surface area (Å²) in [5, 5.41) is 0. The predicted octanol–water partition coefficient (Wildman–Crippen LogP) is 5.10. The van der Waals surface area contributed by atoms with Crippen molar-refractivity contribution in [1.82, 2.24) is 4.90 Å². The van der Waals surface area contributed by atoms with Crippen molar-refractivity contribution >= 4 is 11.7 Å². The number of benzene rings is 2. The monoisotopic (exact) mass is 492 g/mol. The van der Waals surface area contributed by atoms with E-state index in [4.69, 9.17) is 4.74 Å². The normalized spacial score (nSPS) is 22.9. The maximum Gasteiger partial charge on any atom is 0.456 e. The second-order valence-corrected chi connectivity index (χ2v) is 8.11. The number of ether oxygens (including phenoxy) is 2. The molecule has 184 valence electrons. The number of urea groups is 1. The fraction of sp³-hybridized carbons (Fsp3) is 0.409. The number of carbonyl (C=O) groups is 1. The van der Waals surface area contributed by atoms with Gasteiger partial charge in [-0.3, -0.25) is 4.90 Å². The molecule has 0 N–H and O–H groups in total. The van der Waals surface area contributed by atoms with Gasteiger partial charge in [-0.05, 0) is 37.3 Å². The van der Waals surface area contributed by atoms with E-state index in [-0.39, 0.29) is 30.9 Å². The SMILES string of the molecule is CC1O[C@@]1(CN1CCN(c2ccc(OCC(F)(F)C(F)(F)F)cc2)C1=O)c1ccc(F)cc1F. The van der Waals surface area contributed by atoms with Crippen molar-refractivity contribution in [2.45, 2.75) is 30.7 Å². The van der Waals surface area contributed by atoms with Gasteiger partial charge in [-0.2, -0.15) is 22.0 Å². The van der Waals surface area contributed by atoms with Crippen molar-refractivity contribution in [3.63, 3.8) is 0 Å². The number of halogens is 7. The lowest BCUT2D eigenvalue weighted by Gasteiger charge is -2.23. The largest absolute Gasteiger partial charge is 0.487 e. The van der Waals surface area contributed by atoms with Crippen LogP contribution in [0.2, 0.25) is 0 Å². The van der Waals surface area contributed by atoms with Crippen molar-refractivity contribution in [1.29, 1.82) is 0 Å². The Morgan fingerprint density at radius 2 is 1.71 bits per heavy atom. The molecule has 2 amide bonds. The summed E-state index contributed by atoms with van der Waals surface area (Å²) in [4.78, 5) is 15.7. The number of amides is 2. The lowest BCUT2D eigenvalue weighted by atomic mass is 9.94. The molecule has 2 aromatic carbocycles. The minimum Gasteiger partial charge on any atom is -0.487 e. The maximum absolute atomic E-state index is 14.4. The molecular formula is C22H19F7N2O3. The highest BCUT2D eigenvalue weighted by Gasteiger charge is 2.59. The quantitative estimate of drug-likeness (QED) is 0.399. The molecule has 1 unspecified atom stereocenters. The third-order valence-corrected chi connectivity index (χ3v) is 5.88. The number of nitrogens with zero attached hydrogens (tertiary/aromatic N) is 2. The van der Waals surface area contributed by atoms with Crippen LogP contribution in [0, 0.1) is 11.6 Å². The third-order valence-electron chi connectivity index (χ3n) is 5.88. The Kier molecular flexibility index (Phi) is 5.91. The number of carbonyl (C=O) groups excluding carboxylic acids is 1. The molecule has 2 aliphatic heterocycles. The zero-order valence-corrected chi connectivity index (χ0v) is 17.7. The van der Waals surface area contributed by atoms with Gasteiger partial charge in [0.25, 0.3) is 0 Å². The summed E-state index contributed by atoms with van der Waals surface area (Å²) in [6, 6.07) is 7.79. The van der Waals surface area contributed by atoms with Gasteiger partial charge in [-0.25, -0.2) is 13.6 Å². The number of hydrogen-bond donors (Lipinski definition) is 0. The van der Waals surface area contributed by atoms with E-state index < -0.39 is 48.1 Å². The summed E-state index contributed by atoms with van der Waals surface area (Å²) >= 11 is 0. The molecule has 0 aliphatic carbocycles. The smallest absolute Gasteiger partial charge is 0.456 e. The average Bonchev–Trinajstić information content (AvgIpc) is 3.26. The molecule has 0 radical (unpaired) electrons. The van der Waals surface area contributed by atoms with Crippen LogP contribution < -0.4 is 9.64 Å².